The van der Waals surface area contributed by atoms with Gasteiger partial charge in [0, 0.05) is 19.5 Å². The van der Waals surface area contributed by atoms with E-state index < -0.39 is 6.04 Å². The monoisotopic (exact) mass is 476 g/mol. The summed E-state index contributed by atoms with van der Waals surface area (Å²) in [6.45, 7) is 0.865. The Kier molecular flexibility index (Phi) is 9.04. The number of hydrogen-bond acceptors (Lipinski definition) is 2. The van der Waals surface area contributed by atoms with Gasteiger partial charge in [0.25, 0.3) is 0 Å². The van der Waals surface area contributed by atoms with Crippen molar-refractivity contribution in [2.24, 2.45) is 0 Å². The fourth-order valence-corrected chi connectivity index (χ4v) is 4.32. The van der Waals surface area contributed by atoms with Gasteiger partial charge in [0.2, 0.25) is 11.8 Å². The molecule has 0 fully saturated rings. The molecule has 0 saturated carbocycles. The van der Waals surface area contributed by atoms with Gasteiger partial charge >= 0.3 is 0 Å². The second-order valence-electron chi connectivity index (χ2n) is 8.83. The third-order valence-corrected chi connectivity index (χ3v) is 6.22. The number of nitrogens with zero attached hydrogens (tertiary/aromatic N) is 1. The first-order valence-corrected chi connectivity index (χ1v) is 12.4. The minimum atomic E-state index is -0.717. The number of nitrogens with one attached hydrogen (secondary N) is 1. The molecule has 1 atom stereocenters. The number of hydrogen-bond donors (Lipinski definition) is 1. The van der Waals surface area contributed by atoms with Crippen molar-refractivity contribution in [3.8, 4) is 0 Å². The molecule has 36 heavy (non-hydrogen) atoms. The van der Waals surface area contributed by atoms with Gasteiger partial charge in [0.1, 0.15) is 6.04 Å². The lowest BCUT2D eigenvalue weighted by atomic mass is 10.0. The van der Waals surface area contributed by atoms with Crippen molar-refractivity contribution in [3.05, 3.63) is 144 Å². The molecule has 0 heterocycles. The fourth-order valence-electron chi connectivity index (χ4n) is 4.32. The molecule has 4 rings (SSSR count). The minimum absolute atomic E-state index is 0.0465. The quantitative estimate of drug-likeness (QED) is 0.300. The maximum Gasteiger partial charge on any atom is 0.247 e. The summed E-state index contributed by atoms with van der Waals surface area (Å²) in [4.78, 5) is 29.0. The lowest BCUT2D eigenvalue weighted by Gasteiger charge is -2.32. The predicted molar refractivity (Wildman–Crippen MR) is 144 cm³/mol. The van der Waals surface area contributed by atoms with Crippen molar-refractivity contribution in [2.75, 3.05) is 6.54 Å². The van der Waals surface area contributed by atoms with Gasteiger partial charge in [0.15, 0.2) is 0 Å². The Morgan fingerprint density at radius 1 is 0.611 bits per heavy atom. The van der Waals surface area contributed by atoms with Gasteiger partial charge in [-0.05, 0) is 35.1 Å². The third kappa shape index (κ3) is 7.16. The lowest BCUT2D eigenvalue weighted by Crippen LogP contribution is -2.44. The Labute approximate surface area is 213 Å². The van der Waals surface area contributed by atoms with Crippen LogP contribution in [0.25, 0.3) is 0 Å². The van der Waals surface area contributed by atoms with Crippen molar-refractivity contribution < 1.29 is 9.59 Å². The van der Waals surface area contributed by atoms with E-state index in [-0.39, 0.29) is 11.8 Å². The van der Waals surface area contributed by atoms with E-state index in [1.807, 2.05) is 109 Å². The average molecular weight is 477 g/mol. The van der Waals surface area contributed by atoms with E-state index in [1.54, 1.807) is 4.90 Å². The highest BCUT2D eigenvalue weighted by molar-refractivity contribution is 5.88. The molecule has 4 nitrogen and oxygen atoms in total. The maximum absolute atomic E-state index is 13.7. The molecule has 0 aromatic heterocycles. The summed E-state index contributed by atoms with van der Waals surface area (Å²) in [5.41, 5.74) is 4.06. The van der Waals surface area contributed by atoms with Crippen LogP contribution in [-0.2, 0) is 29.0 Å². The van der Waals surface area contributed by atoms with E-state index in [4.69, 9.17) is 0 Å². The summed E-state index contributed by atoms with van der Waals surface area (Å²) in [7, 11) is 0. The molecule has 2 amide bonds. The van der Waals surface area contributed by atoms with Gasteiger partial charge in [-0.25, -0.2) is 0 Å². The highest BCUT2D eigenvalue weighted by Crippen LogP contribution is 2.25. The van der Waals surface area contributed by atoms with Gasteiger partial charge in [-0.3, -0.25) is 9.59 Å². The number of carbonyl (C=O) groups excluding carboxylic acids is 2. The number of amides is 2. The topological polar surface area (TPSA) is 49.4 Å². The van der Waals surface area contributed by atoms with Crippen molar-refractivity contribution in [1.82, 2.24) is 10.2 Å². The normalized spacial score (nSPS) is 11.4. The molecule has 0 aliphatic carbocycles. The SMILES string of the molecule is O=C(NCCc1ccccc1)C(c1ccccc1)N(Cc1ccccc1)C(=O)CCc1ccccc1. The second kappa shape index (κ2) is 13.1. The molecule has 4 aromatic carbocycles. The molecular formula is C32H32N2O2. The van der Waals surface area contributed by atoms with Crippen LogP contribution in [-0.4, -0.2) is 23.3 Å². The van der Waals surface area contributed by atoms with E-state index in [9.17, 15) is 9.59 Å². The number of aryl methyl sites for hydroxylation is 1. The molecule has 0 bridgehead atoms. The Hall–Kier alpha value is -4.18. The number of benzene rings is 4. The van der Waals surface area contributed by atoms with E-state index in [0.29, 0.717) is 25.9 Å². The summed E-state index contributed by atoms with van der Waals surface area (Å²) < 4.78 is 0. The minimum Gasteiger partial charge on any atom is -0.354 e. The summed E-state index contributed by atoms with van der Waals surface area (Å²) in [5, 5.41) is 3.09. The molecular weight excluding hydrogens is 444 g/mol. The molecule has 1 unspecified atom stereocenters. The van der Waals surface area contributed by atoms with Crippen LogP contribution in [0.1, 0.15) is 34.7 Å². The van der Waals surface area contributed by atoms with Crippen LogP contribution >= 0.6 is 0 Å². The summed E-state index contributed by atoms with van der Waals surface area (Å²) in [6, 6.07) is 38.8. The standard InChI is InChI=1S/C32H32N2O2/c35-30(22-21-26-13-5-1-6-14-26)34(25-28-17-9-3-10-18-28)31(29-19-11-4-12-20-29)32(36)33-24-23-27-15-7-2-8-16-27/h1-20,31H,21-25H2,(H,33,36). The lowest BCUT2D eigenvalue weighted by molar-refractivity contribution is -0.141. The zero-order chi connectivity index (χ0) is 25.0. The molecule has 0 aliphatic rings. The Balaban J connectivity index is 1.57. The predicted octanol–water partition coefficient (Wildman–Crippen LogP) is 5.75. The Bertz CT molecular complexity index is 1210. The molecule has 0 radical (unpaired) electrons. The number of carbonyl (C=O) groups is 2. The molecule has 0 spiro atoms. The van der Waals surface area contributed by atoms with Gasteiger partial charge in [-0.1, -0.05) is 121 Å². The highest BCUT2D eigenvalue weighted by atomic mass is 16.2. The van der Waals surface area contributed by atoms with Crippen molar-refractivity contribution >= 4 is 11.8 Å². The summed E-state index contributed by atoms with van der Waals surface area (Å²) in [5.74, 6) is -0.212. The van der Waals surface area contributed by atoms with Crippen LogP contribution in [0.5, 0.6) is 0 Å². The largest absolute Gasteiger partial charge is 0.354 e. The zero-order valence-electron chi connectivity index (χ0n) is 20.4. The molecule has 4 aromatic rings. The molecule has 4 heteroatoms. The van der Waals surface area contributed by atoms with Crippen LogP contribution in [0.2, 0.25) is 0 Å². The first-order valence-electron chi connectivity index (χ1n) is 12.4. The third-order valence-electron chi connectivity index (χ3n) is 6.22. The zero-order valence-corrected chi connectivity index (χ0v) is 20.4. The van der Waals surface area contributed by atoms with Crippen molar-refractivity contribution in [3.63, 3.8) is 0 Å². The van der Waals surface area contributed by atoms with Gasteiger partial charge in [0.05, 0.1) is 0 Å². The summed E-state index contributed by atoms with van der Waals surface area (Å²) >= 11 is 0. The van der Waals surface area contributed by atoms with Crippen LogP contribution in [0.4, 0.5) is 0 Å². The van der Waals surface area contributed by atoms with Crippen molar-refractivity contribution in [1.29, 1.82) is 0 Å². The van der Waals surface area contributed by atoms with Crippen molar-refractivity contribution in [2.45, 2.75) is 31.8 Å². The van der Waals surface area contributed by atoms with Gasteiger partial charge < -0.3 is 10.2 Å². The van der Waals surface area contributed by atoms with Crippen LogP contribution < -0.4 is 5.32 Å². The average Bonchev–Trinajstić information content (AvgIpc) is 2.94. The van der Waals surface area contributed by atoms with Crippen LogP contribution in [0.15, 0.2) is 121 Å². The van der Waals surface area contributed by atoms with E-state index in [0.717, 1.165) is 28.7 Å². The van der Waals surface area contributed by atoms with Gasteiger partial charge in [-0.15, -0.1) is 0 Å². The van der Waals surface area contributed by atoms with E-state index in [2.05, 4.69) is 17.4 Å². The van der Waals surface area contributed by atoms with Gasteiger partial charge in [-0.2, -0.15) is 0 Å². The first-order chi connectivity index (χ1) is 17.7. The van der Waals surface area contributed by atoms with E-state index >= 15 is 0 Å². The second-order valence-corrected chi connectivity index (χ2v) is 8.83. The van der Waals surface area contributed by atoms with E-state index in [1.165, 1.54) is 0 Å². The molecule has 182 valence electrons. The fraction of sp³-hybridized carbons (Fsp3) is 0.188. The number of rotatable bonds is 11. The maximum atomic E-state index is 13.7. The highest BCUT2D eigenvalue weighted by Gasteiger charge is 2.31. The Morgan fingerprint density at radius 3 is 1.64 bits per heavy atom. The molecule has 0 aliphatic heterocycles. The molecule has 0 saturated heterocycles. The van der Waals surface area contributed by atoms with Crippen LogP contribution in [0.3, 0.4) is 0 Å². The Morgan fingerprint density at radius 2 is 1.08 bits per heavy atom. The summed E-state index contributed by atoms with van der Waals surface area (Å²) in [6.07, 6.45) is 1.69. The van der Waals surface area contributed by atoms with Crippen LogP contribution in [0, 0.1) is 0 Å². The molecule has 1 N–H and O–H groups in total. The smallest absolute Gasteiger partial charge is 0.247 e. The first kappa shape index (κ1) is 24.9.